The van der Waals surface area contributed by atoms with Gasteiger partial charge in [-0.1, -0.05) is 6.42 Å². The maximum absolute atomic E-state index is 9.54. The van der Waals surface area contributed by atoms with Crippen molar-refractivity contribution in [1.82, 2.24) is 9.97 Å². The average Bonchev–Trinajstić information content (AvgIpc) is 2.28. The summed E-state index contributed by atoms with van der Waals surface area (Å²) in [5, 5.41) is 12.7. The predicted octanol–water partition coefficient (Wildman–Crippen LogP) is 1.02. The van der Waals surface area contributed by atoms with E-state index in [0.29, 0.717) is 17.6 Å². The van der Waals surface area contributed by atoms with E-state index in [1.54, 1.807) is 12.4 Å². The van der Waals surface area contributed by atoms with Crippen LogP contribution in [0, 0.1) is 5.92 Å². The molecule has 0 aromatic carbocycles. The molecule has 0 radical (unpaired) electrons. The zero-order valence-corrected chi connectivity index (χ0v) is 9.26. The van der Waals surface area contributed by atoms with Gasteiger partial charge >= 0.3 is 0 Å². The Bertz CT molecular complexity index is 327. The van der Waals surface area contributed by atoms with E-state index >= 15 is 0 Å². The van der Waals surface area contributed by atoms with Crippen molar-refractivity contribution in [2.45, 2.75) is 31.8 Å². The minimum atomic E-state index is -0.132. The number of aliphatic hydroxyl groups excluding tert-OH is 1. The molecule has 0 amide bonds. The zero-order valence-electron chi connectivity index (χ0n) is 9.26. The second kappa shape index (κ2) is 5.12. The average molecular weight is 222 g/mol. The summed E-state index contributed by atoms with van der Waals surface area (Å²) in [6.45, 7) is 0.820. The Morgan fingerprint density at radius 1 is 1.38 bits per heavy atom. The van der Waals surface area contributed by atoms with Crippen molar-refractivity contribution in [2.75, 3.05) is 17.6 Å². The molecule has 1 aliphatic carbocycles. The fraction of sp³-hybridized carbons (Fsp3) is 0.636. The van der Waals surface area contributed by atoms with Gasteiger partial charge in [0, 0.05) is 6.54 Å². The molecule has 0 bridgehead atoms. The van der Waals surface area contributed by atoms with E-state index in [2.05, 4.69) is 15.3 Å². The number of aromatic nitrogens is 2. The summed E-state index contributed by atoms with van der Waals surface area (Å²) in [5.74, 6) is 1.12. The summed E-state index contributed by atoms with van der Waals surface area (Å²) in [6.07, 6.45) is 7.13. The van der Waals surface area contributed by atoms with Gasteiger partial charge in [-0.15, -0.1) is 0 Å². The van der Waals surface area contributed by atoms with Gasteiger partial charge in [0.05, 0.1) is 24.2 Å². The predicted molar refractivity (Wildman–Crippen MR) is 62.9 cm³/mol. The first-order valence-electron chi connectivity index (χ1n) is 5.73. The quantitative estimate of drug-likeness (QED) is 0.711. The van der Waals surface area contributed by atoms with Crippen LogP contribution in [0.5, 0.6) is 0 Å². The lowest BCUT2D eigenvalue weighted by atomic mass is 9.87. The third-order valence-corrected chi connectivity index (χ3v) is 2.98. The van der Waals surface area contributed by atoms with Crippen LogP contribution < -0.4 is 11.1 Å². The van der Waals surface area contributed by atoms with E-state index in [1.807, 2.05) is 0 Å². The topological polar surface area (TPSA) is 84.1 Å². The lowest BCUT2D eigenvalue weighted by molar-refractivity contribution is 0.104. The lowest BCUT2D eigenvalue weighted by Gasteiger charge is -2.25. The molecule has 0 spiro atoms. The van der Waals surface area contributed by atoms with Crippen molar-refractivity contribution in [3.8, 4) is 0 Å². The van der Waals surface area contributed by atoms with E-state index in [1.165, 1.54) is 6.42 Å². The molecular weight excluding hydrogens is 204 g/mol. The molecule has 5 heteroatoms. The van der Waals surface area contributed by atoms with E-state index in [9.17, 15) is 5.11 Å². The Morgan fingerprint density at radius 3 is 2.81 bits per heavy atom. The monoisotopic (exact) mass is 222 g/mol. The van der Waals surface area contributed by atoms with Crippen molar-refractivity contribution in [2.24, 2.45) is 5.92 Å². The Labute approximate surface area is 95.1 Å². The smallest absolute Gasteiger partial charge is 0.222 e. The van der Waals surface area contributed by atoms with Gasteiger partial charge in [0.25, 0.3) is 0 Å². The summed E-state index contributed by atoms with van der Waals surface area (Å²) >= 11 is 0. The van der Waals surface area contributed by atoms with Gasteiger partial charge in [-0.2, -0.15) is 0 Å². The minimum absolute atomic E-state index is 0.132. The summed E-state index contributed by atoms with van der Waals surface area (Å²) in [5.41, 5.74) is 6.07. The Hall–Kier alpha value is -1.36. The van der Waals surface area contributed by atoms with Crippen LogP contribution in [0.4, 0.5) is 11.6 Å². The van der Waals surface area contributed by atoms with Crippen LogP contribution in [0.2, 0.25) is 0 Å². The number of nitrogen functional groups attached to an aromatic ring is 1. The molecule has 1 aromatic heterocycles. The first-order valence-corrected chi connectivity index (χ1v) is 5.73. The van der Waals surface area contributed by atoms with Crippen LogP contribution in [-0.4, -0.2) is 27.7 Å². The molecule has 1 heterocycles. The van der Waals surface area contributed by atoms with E-state index in [0.717, 1.165) is 25.8 Å². The standard InChI is InChI=1S/C11H18N4O/c12-9-6-14-11(15-7-9)13-5-8-2-1-3-10(16)4-8/h6-8,10,16H,1-5,12H2,(H,13,14,15). The van der Waals surface area contributed by atoms with Crippen molar-refractivity contribution in [1.29, 1.82) is 0 Å². The Kier molecular flexibility index (Phi) is 3.56. The molecule has 1 saturated carbocycles. The van der Waals surface area contributed by atoms with Crippen LogP contribution in [0.15, 0.2) is 12.4 Å². The van der Waals surface area contributed by atoms with E-state index in [4.69, 9.17) is 5.73 Å². The Balaban J connectivity index is 1.80. The number of nitrogens with one attached hydrogen (secondary N) is 1. The molecule has 0 saturated heterocycles. The molecule has 4 N–H and O–H groups in total. The zero-order chi connectivity index (χ0) is 11.4. The van der Waals surface area contributed by atoms with Gasteiger partial charge in [0.1, 0.15) is 0 Å². The summed E-state index contributed by atoms with van der Waals surface area (Å²) in [7, 11) is 0. The van der Waals surface area contributed by atoms with Gasteiger partial charge in [0.15, 0.2) is 0 Å². The van der Waals surface area contributed by atoms with Crippen molar-refractivity contribution in [3.05, 3.63) is 12.4 Å². The third-order valence-electron chi connectivity index (χ3n) is 2.98. The second-order valence-electron chi connectivity index (χ2n) is 4.41. The molecule has 1 fully saturated rings. The van der Waals surface area contributed by atoms with Gasteiger partial charge in [-0.3, -0.25) is 0 Å². The van der Waals surface area contributed by atoms with Crippen LogP contribution in [0.25, 0.3) is 0 Å². The number of hydrogen-bond acceptors (Lipinski definition) is 5. The first-order chi connectivity index (χ1) is 7.74. The number of rotatable bonds is 3. The Morgan fingerprint density at radius 2 is 2.12 bits per heavy atom. The van der Waals surface area contributed by atoms with Crippen molar-refractivity contribution >= 4 is 11.6 Å². The van der Waals surface area contributed by atoms with E-state index < -0.39 is 0 Å². The number of aliphatic hydroxyl groups is 1. The van der Waals surface area contributed by atoms with Crippen molar-refractivity contribution < 1.29 is 5.11 Å². The molecule has 5 nitrogen and oxygen atoms in total. The number of nitrogens with two attached hydrogens (primary N) is 1. The summed E-state index contributed by atoms with van der Waals surface area (Å²) in [6, 6.07) is 0. The lowest BCUT2D eigenvalue weighted by Crippen LogP contribution is -2.25. The molecule has 1 aromatic rings. The minimum Gasteiger partial charge on any atom is -0.396 e. The fourth-order valence-electron chi connectivity index (χ4n) is 2.11. The van der Waals surface area contributed by atoms with Crippen LogP contribution in [0.3, 0.4) is 0 Å². The molecule has 88 valence electrons. The summed E-state index contributed by atoms with van der Waals surface area (Å²) in [4.78, 5) is 8.14. The molecular formula is C11H18N4O. The van der Waals surface area contributed by atoms with E-state index in [-0.39, 0.29) is 6.10 Å². The largest absolute Gasteiger partial charge is 0.396 e. The second-order valence-corrected chi connectivity index (χ2v) is 4.41. The van der Waals surface area contributed by atoms with Crippen LogP contribution in [0.1, 0.15) is 25.7 Å². The molecule has 1 aliphatic rings. The number of hydrogen-bond donors (Lipinski definition) is 3. The fourth-order valence-corrected chi connectivity index (χ4v) is 2.11. The highest BCUT2D eigenvalue weighted by Gasteiger charge is 2.19. The highest BCUT2D eigenvalue weighted by atomic mass is 16.3. The van der Waals surface area contributed by atoms with Gasteiger partial charge in [-0.25, -0.2) is 9.97 Å². The molecule has 0 aliphatic heterocycles. The molecule has 2 atom stereocenters. The van der Waals surface area contributed by atoms with Crippen LogP contribution in [-0.2, 0) is 0 Å². The molecule has 16 heavy (non-hydrogen) atoms. The highest BCUT2D eigenvalue weighted by molar-refractivity contribution is 5.35. The van der Waals surface area contributed by atoms with Crippen molar-refractivity contribution in [3.63, 3.8) is 0 Å². The molecule has 2 unspecified atom stereocenters. The normalized spacial score (nSPS) is 25.3. The third kappa shape index (κ3) is 3.06. The van der Waals surface area contributed by atoms with Gasteiger partial charge in [-0.05, 0) is 25.2 Å². The number of anilines is 2. The summed E-state index contributed by atoms with van der Waals surface area (Å²) < 4.78 is 0. The molecule has 2 rings (SSSR count). The first kappa shape index (κ1) is 11.1. The van der Waals surface area contributed by atoms with Gasteiger partial charge < -0.3 is 16.2 Å². The highest BCUT2D eigenvalue weighted by Crippen LogP contribution is 2.24. The van der Waals surface area contributed by atoms with Crippen LogP contribution >= 0.6 is 0 Å². The number of nitrogens with zero attached hydrogens (tertiary/aromatic N) is 2. The maximum atomic E-state index is 9.54. The SMILES string of the molecule is Nc1cnc(NCC2CCCC(O)C2)nc1. The van der Waals surface area contributed by atoms with Gasteiger partial charge in [0.2, 0.25) is 5.95 Å². The maximum Gasteiger partial charge on any atom is 0.222 e.